The fraction of sp³-hybridized carbons (Fsp3) is 0.500. The van der Waals surface area contributed by atoms with Crippen molar-refractivity contribution in [2.75, 3.05) is 20.3 Å². The van der Waals surface area contributed by atoms with Crippen LogP contribution < -0.4 is 0 Å². The van der Waals surface area contributed by atoms with Crippen molar-refractivity contribution in [1.29, 1.82) is 0 Å². The van der Waals surface area contributed by atoms with Crippen molar-refractivity contribution in [2.45, 2.75) is 19.4 Å². The molecule has 0 spiro atoms. The molecule has 1 aromatic heterocycles. The number of aromatic nitrogens is 1. The Kier molecular flexibility index (Phi) is 5.59. The minimum Gasteiger partial charge on any atom is -0.469 e. The number of pyridine rings is 1. The predicted molar refractivity (Wildman–Crippen MR) is 61.4 cm³/mol. The maximum Gasteiger partial charge on any atom is 0.312 e. The first-order valence-electron chi connectivity index (χ1n) is 5.40. The van der Waals surface area contributed by atoms with E-state index in [-0.39, 0.29) is 18.5 Å². The van der Waals surface area contributed by atoms with Gasteiger partial charge in [0.15, 0.2) is 0 Å². The fourth-order valence-corrected chi connectivity index (χ4v) is 1.33. The van der Waals surface area contributed by atoms with Gasteiger partial charge in [0.25, 0.3) is 0 Å². The van der Waals surface area contributed by atoms with Crippen LogP contribution in [0.5, 0.6) is 0 Å². The summed E-state index contributed by atoms with van der Waals surface area (Å²) in [7, 11) is 1.36. The standard InChI is InChI=1S/C12H17NO4/c1-9(12(15)16-2)10-3-4-11(13-7-10)8-17-6-5-14/h3-4,7,9,14H,5-6,8H2,1-2H3/t9-/m1/s1. The van der Waals surface area contributed by atoms with Gasteiger partial charge in [-0.3, -0.25) is 9.78 Å². The molecule has 1 heterocycles. The number of rotatable bonds is 6. The second kappa shape index (κ2) is 6.98. The zero-order valence-corrected chi connectivity index (χ0v) is 10.0. The van der Waals surface area contributed by atoms with Crippen LogP contribution in [0.4, 0.5) is 0 Å². The number of aliphatic hydroxyl groups is 1. The van der Waals surface area contributed by atoms with Crippen molar-refractivity contribution in [3.05, 3.63) is 29.6 Å². The summed E-state index contributed by atoms with van der Waals surface area (Å²) in [6, 6.07) is 3.62. The highest BCUT2D eigenvalue weighted by atomic mass is 16.5. The molecule has 0 unspecified atom stereocenters. The first-order chi connectivity index (χ1) is 8.19. The van der Waals surface area contributed by atoms with Crippen molar-refractivity contribution < 1.29 is 19.4 Å². The second-order valence-corrected chi connectivity index (χ2v) is 3.60. The number of esters is 1. The predicted octanol–water partition coefficient (Wildman–Crippen LogP) is 0.867. The zero-order valence-electron chi connectivity index (χ0n) is 10.0. The van der Waals surface area contributed by atoms with E-state index in [0.29, 0.717) is 13.2 Å². The zero-order chi connectivity index (χ0) is 12.7. The summed E-state index contributed by atoms with van der Waals surface area (Å²) in [5, 5.41) is 8.55. The molecule has 17 heavy (non-hydrogen) atoms. The number of ether oxygens (including phenoxy) is 2. The van der Waals surface area contributed by atoms with Crippen LogP contribution in [0, 0.1) is 0 Å². The number of nitrogens with zero attached hydrogens (tertiary/aromatic N) is 1. The highest BCUT2D eigenvalue weighted by molar-refractivity contribution is 5.77. The number of hydrogen-bond acceptors (Lipinski definition) is 5. The number of hydrogen-bond donors (Lipinski definition) is 1. The van der Waals surface area contributed by atoms with Crippen LogP contribution in [-0.2, 0) is 20.9 Å². The van der Waals surface area contributed by atoms with Gasteiger partial charge in [0, 0.05) is 6.20 Å². The van der Waals surface area contributed by atoms with Gasteiger partial charge in [0.1, 0.15) is 0 Å². The Morgan fingerprint density at radius 3 is 2.82 bits per heavy atom. The van der Waals surface area contributed by atoms with Crippen molar-refractivity contribution in [2.24, 2.45) is 0 Å². The largest absolute Gasteiger partial charge is 0.469 e. The molecule has 1 N–H and O–H groups in total. The van der Waals surface area contributed by atoms with E-state index >= 15 is 0 Å². The van der Waals surface area contributed by atoms with Crippen LogP contribution >= 0.6 is 0 Å². The van der Waals surface area contributed by atoms with Crippen LogP contribution in [-0.4, -0.2) is 36.4 Å². The van der Waals surface area contributed by atoms with Gasteiger partial charge in [-0.05, 0) is 18.6 Å². The lowest BCUT2D eigenvalue weighted by Gasteiger charge is -2.09. The average molecular weight is 239 g/mol. The summed E-state index contributed by atoms with van der Waals surface area (Å²) < 4.78 is 9.79. The van der Waals surface area contributed by atoms with E-state index in [2.05, 4.69) is 9.72 Å². The third-order valence-electron chi connectivity index (χ3n) is 2.39. The Balaban J connectivity index is 2.58. The Morgan fingerprint density at radius 2 is 2.29 bits per heavy atom. The van der Waals surface area contributed by atoms with Gasteiger partial charge in [-0.15, -0.1) is 0 Å². The van der Waals surface area contributed by atoms with Crippen molar-refractivity contribution >= 4 is 5.97 Å². The lowest BCUT2D eigenvalue weighted by molar-refractivity contribution is -0.142. The SMILES string of the molecule is COC(=O)[C@H](C)c1ccc(COCCO)nc1. The van der Waals surface area contributed by atoms with E-state index in [9.17, 15) is 4.79 Å². The van der Waals surface area contributed by atoms with Gasteiger partial charge < -0.3 is 14.6 Å². The highest BCUT2D eigenvalue weighted by Crippen LogP contribution is 2.15. The third kappa shape index (κ3) is 4.13. The lowest BCUT2D eigenvalue weighted by atomic mass is 10.0. The molecule has 0 saturated carbocycles. The minimum absolute atomic E-state index is 0.00252. The molecule has 0 aliphatic rings. The molecular formula is C12H17NO4. The van der Waals surface area contributed by atoms with Gasteiger partial charge in [0.05, 0.1) is 38.5 Å². The second-order valence-electron chi connectivity index (χ2n) is 3.60. The molecule has 5 nitrogen and oxygen atoms in total. The average Bonchev–Trinajstić information content (AvgIpc) is 2.38. The summed E-state index contributed by atoms with van der Waals surface area (Å²) in [5.41, 5.74) is 1.57. The summed E-state index contributed by atoms with van der Waals surface area (Å²) in [5.74, 6) is -0.601. The molecule has 5 heteroatoms. The highest BCUT2D eigenvalue weighted by Gasteiger charge is 2.15. The van der Waals surface area contributed by atoms with Crippen molar-refractivity contribution in [3.63, 3.8) is 0 Å². The molecule has 0 aromatic carbocycles. The number of methoxy groups -OCH3 is 1. The molecular weight excluding hydrogens is 222 g/mol. The summed E-state index contributed by atoms with van der Waals surface area (Å²) in [4.78, 5) is 15.5. The first kappa shape index (κ1) is 13.6. The number of carbonyl (C=O) groups is 1. The summed E-state index contributed by atoms with van der Waals surface area (Å²) in [6.45, 7) is 2.41. The number of aliphatic hydroxyl groups excluding tert-OH is 1. The van der Waals surface area contributed by atoms with E-state index in [1.54, 1.807) is 19.2 Å². The smallest absolute Gasteiger partial charge is 0.312 e. The Labute approximate surface area is 100 Å². The molecule has 0 bridgehead atoms. The molecule has 0 aliphatic heterocycles. The van der Waals surface area contributed by atoms with E-state index in [0.717, 1.165) is 11.3 Å². The Bertz CT molecular complexity index is 350. The van der Waals surface area contributed by atoms with Gasteiger partial charge >= 0.3 is 5.97 Å². The molecule has 0 radical (unpaired) electrons. The normalized spacial score (nSPS) is 12.2. The first-order valence-corrected chi connectivity index (χ1v) is 5.40. The van der Waals surface area contributed by atoms with Crippen LogP contribution in [0.15, 0.2) is 18.3 Å². The van der Waals surface area contributed by atoms with Crippen molar-refractivity contribution in [3.8, 4) is 0 Å². The Morgan fingerprint density at radius 1 is 1.53 bits per heavy atom. The maximum absolute atomic E-state index is 11.3. The number of carbonyl (C=O) groups excluding carboxylic acids is 1. The molecule has 0 aliphatic carbocycles. The van der Waals surface area contributed by atoms with E-state index in [4.69, 9.17) is 9.84 Å². The summed E-state index contributed by atoms with van der Waals surface area (Å²) in [6.07, 6.45) is 1.64. The molecule has 0 saturated heterocycles. The lowest BCUT2D eigenvalue weighted by Crippen LogP contribution is -2.11. The van der Waals surface area contributed by atoms with Crippen LogP contribution in [0.3, 0.4) is 0 Å². The molecule has 1 aromatic rings. The topological polar surface area (TPSA) is 68.7 Å². The van der Waals surface area contributed by atoms with E-state index < -0.39 is 0 Å². The molecule has 94 valence electrons. The third-order valence-corrected chi connectivity index (χ3v) is 2.39. The van der Waals surface area contributed by atoms with Gasteiger partial charge in [-0.1, -0.05) is 6.07 Å². The molecule has 0 amide bonds. The minimum atomic E-state index is -0.320. The Hall–Kier alpha value is -1.46. The summed E-state index contributed by atoms with van der Waals surface area (Å²) >= 11 is 0. The quantitative estimate of drug-likeness (QED) is 0.589. The fourth-order valence-electron chi connectivity index (χ4n) is 1.33. The van der Waals surface area contributed by atoms with E-state index in [1.165, 1.54) is 7.11 Å². The monoisotopic (exact) mass is 239 g/mol. The molecule has 1 atom stereocenters. The van der Waals surface area contributed by atoms with Gasteiger partial charge in [-0.25, -0.2) is 0 Å². The van der Waals surface area contributed by atoms with Crippen LogP contribution in [0.1, 0.15) is 24.1 Å². The van der Waals surface area contributed by atoms with Gasteiger partial charge in [0.2, 0.25) is 0 Å². The van der Waals surface area contributed by atoms with Gasteiger partial charge in [-0.2, -0.15) is 0 Å². The molecule has 1 rings (SSSR count). The van der Waals surface area contributed by atoms with Crippen LogP contribution in [0.25, 0.3) is 0 Å². The van der Waals surface area contributed by atoms with E-state index in [1.807, 2.05) is 6.07 Å². The maximum atomic E-state index is 11.3. The molecule has 0 fully saturated rings. The van der Waals surface area contributed by atoms with Crippen molar-refractivity contribution in [1.82, 2.24) is 4.98 Å². The van der Waals surface area contributed by atoms with Crippen LogP contribution in [0.2, 0.25) is 0 Å².